The molecule has 0 heterocycles. The van der Waals surface area contributed by atoms with Crippen LogP contribution < -0.4 is 10.1 Å². The number of para-hydroxylation sites is 2. The second-order valence-corrected chi connectivity index (χ2v) is 4.93. The Kier molecular flexibility index (Phi) is 4.80. The van der Waals surface area contributed by atoms with Crippen LogP contribution in [0.1, 0.15) is 12.5 Å². The third kappa shape index (κ3) is 3.70. The van der Waals surface area contributed by atoms with Crippen molar-refractivity contribution < 1.29 is 9.13 Å². The molecule has 0 atom stereocenters. The van der Waals surface area contributed by atoms with Crippen LogP contribution in [0.2, 0.25) is 0 Å². The second-order valence-electron chi connectivity index (χ2n) is 4.02. The summed E-state index contributed by atoms with van der Waals surface area (Å²) in [6.07, 6.45) is 0. The summed E-state index contributed by atoms with van der Waals surface area (Å²) in [7, 11) is 0. The summed E-state index contributed by atoms with van der Waals surface area (Å²) < 4.78 is 20.0. The Morgan fingerprint density at radius 1 is 1.21 bits per heavy atom. The maximum absolute atomic E-state index is 13.6. The van der Waals surface area contributed by atoms with Gasteiger partial charge in [0.25, 0.3) is 0 Å². The van der Waals surface area contributed by atoms with Gasteiger partial charge in [-0.2, -0.15) is 0 Å². The first-order valence-electron chi connectivity index (χ1n) is 6.10. The smallest absolute Gasteiger partial charge is 0.142 e. The summed E-state index contributed by atoms with van der Waals surface area (Å²) in [6, 6.07) is 12.6. The van der Waals surface area contributed by atoms with Crippen molar-refractivity contribution in [2.45, 2.75) is 13.5 Å². The van der Waals surface area contributed by atoms with E-state index in [-0.39, 0.29) is 5.82 Å². The monoisotopic (exact) mass is 323 g/mol. The highest BCUT2D eigenvalue weighted by Crippen LogP contribution is 2.25. The van der Waals surface area contributed by atoms with Crippen molar-refractivity contribution in [1.82, 2.24) is 0 Å². The van der Waals surface area contributed by atoms with Crippen molar-refractivity contribution >= 4 is 21.6 Å². The zero-order chi connectivity index (χ0) is 13.7. The van der Waals surface area contributed by atoms with Gasteiger partial charge in [0.2, 0.25) is 0 Å². The van der Waals surface area contributed by atoms with Gasteiger partial charge in [0, 0.05) is 16.6 Å². The first-order chi connectivity index (χ1) is 9.20. The van der Waals surface area contributed by atoms with Gasteiger partial charge in [0.05, 0.1) is 12.3 Å². The van der Waals surface area contributed by atoms with E-state index in [0.29, 0.717) is 18.7 Å². The second kappa shape index (κ2) is 6.57. The average Bonchev–Trinajstić information content (AvgIpc) is 2.42. The van der Waals surface area contributed by atoms with Gasteiger partial charge in [-0.3, -0.25) is 0 Å². The summed E-state index contributed by atoms with van der Waals surface area (Å²) in [5.41, 5.74) is 1.48. The molecule has 0 amide bonds. The van der Waals surface area contributed by atoms with Gasteiger partial charge in [0.1, 0.15) is 11.6 Å². The van der Waals surface area contributed by atoms with E-state index in [1.54, 1.807) is 12.1 Å². The Labute approximate surface area is 120 Å². The molecule has 2 rings (SSSR count). The Morgan fingerprint density at radius 2 is 2.00 bits per heavy atom. The Bertz CT molecular complexity index is 560. The SMILES string of the molecule is CCOc1ccccc1NCc1cc(Br)ccc1F. The van der Waals surface area contributed by atoms with Crippen molar-refractivity contribution in [2.24, 2.45) is 0 Å². The molecule has 100 valence electrons. The van der Waals surface area contributed by atoms with E-state index in [4.69, 9.17) is 4.74 Å². The minimum absolute atomic E-state index is 0.218. The van der Waals surface area contributed by atoms with Gasteiger partial charge in [0.15, 0.2) is 0 Å². The van der Waals surface area contributed by atoms with Crippen molar-refractivity contribution in [3.63, 3.8) is 0 Å². The van der Waals surface area contributed by atoms with Crippen LogP contribution >= 0.6 is 15.9 Å². The highest BCUT2D eigenvalue weighted by molar-refractivity contribution is 9.10. The zero-order valence-electron chi connectivity index (χ0n) is 10.6. The molecule has 0 aromatic heterocycles. The van der Waals surface area contributed by atoms with E-state index >= 15 is 0 Å². The van der Waals surface area contributed by atoms with Gasteiger partial charge < -0.3 is 10.1 Å². The molecule has 4 heteroatoms. The lowest BCUT2D eigenvalue weighted by atomic mass is 10.2. The number of nitrogens with one attached hydrogen (secondary N) is 1. The molecule has 0 bridgehead atoms. The summed E-state index contributed by atoms with van der Waals surface area (Å²) in [6.45, 7) is 2.95. The lowest BCUT2D eigenvalue weighted by Gasteiger charge is -2.12. The van der Waals surface area contributed by atoms with Crippen molar-refractivity contribution in [3.05, 3.63) is 58.3 Å². The molecular weight excluding hydrogens is 309 g/mol. The highest BCUT2D eigenvalue weighted by atomic mass is 79.9. The zero-order valence-corrected chi connectivity index (χ0v) is 12.2. The summed E-state index contributed by atoms with van der Waals surface area (Å²) in [5.74, 6) is 0.560. The average molecular weight is 324 g/mol. The molecule has 0 fully saturated rings. The van der Waals surface area contributed by atoms with Gasteiger partial charge in [-0.1, -0.05) is 28.1 Å². The van der Waals surface area contributed by atoms with E-state index in [1.807, 2.05) is 31.2 Å². The fourth-order valence-corrected chi connectivity index (χ4v) is 2.17. The number of ether oxygens (including phenoxy) is 1. The van der Waals surface area contributed by atoms with Crippen LogP contribution in [0.5, 0.6) is 5.75 Å². The highest BCUT2D eigenvalue weighted by Gasteiger charge is 2.05. The molecule has 0 aliphatic carbocycles. The molecule has 0 spiro atoms. The van der Waals surface area contributed by atoms with Crippen LogP contribution in [0.4, 0.5) is 10.1 Å². The molecule has 1 N–H and O–H groups in total. The molecule has 0 saturated heterocycles. The maximum atomic E-state index is 13.6. The Hall–Kier alpha value is -1.55. The largest absolute Gasteiger partial charge is 0.492 e. The van der Waals surface area contributed by atoms with Crippen LogP contribution in [-0.2, 0) is 6.54 Å². The first-order valence-corrected chi connectivity index (χ1v) is 6.89. The number of hydrogen-bond acceptors (Lipinski definition) is 2. The molecule has 0 unspecified atom stereocenters. The standard InChI is InChI=1S/C15H15BrFNO/c1-2-19-15-6-4-3-5-14(15)18-10-11-9-12(16)7-8-13(11)17/h3-9,18H,2,10H2,1H3. The van der Waals surface area contributed by atoms with Crippen LogP contribution in [-0.4, -0.2) is 6.61 Å². The molecule has 0 radical (unpaired) electrons. The van der Waals surface area contributed by atoms with Gasteiger partial charge in [-0.05, 0) is 37.3 Å². The van der Waals surface area contributed by atoms with Gasteiger partial charge in [-0.15, -0.1) is 0 Å². The van der Waals surface area contributed by atoms with E-state index in [2.05, 4.69) is 21.2 Å². The van der Waals surface area contributed by atoms with Gasteiger partial charge in [-0.25, -0.2) is 4.39 Å². The van der Waals surface area contributed by atoms with Crippen LogP contribution in [0, 0.1) is 5.82 Å². The molecule has 0 saturated carbocycles. The topological polar surface area (TPSA) is 21.3 Å². The molecule has 2 aromatic rings. The number of anilines is 1. The fraction of sp³-hybridized carbons (Fsp3) is 0.200. The summed E-state index contributed by atoms with van der Waals surface area (Å²) in [5, 5.41) is 3.20. The third-order valence-electron chi connectivity index (χ3n) is 2.66. The van der Waals surface area contributed by atoms with Crippen LogP contribution in [0.15, 0.2) is 46.9 Å². The Balaban J connectivity index is 2.12. The molecule has 19 heavy (non-hydrogen) atoms. The molecule has 0 aliphatic rings. The fourth-order valence-electron chi connectivity index (χ4n) is 1.76. The lowest BCUT2D eigenvalue weighted by molar-refractivity contribution is 0.341. The quantitative estimate of drug-likeness (QED) is 0.868. The Morgan fingerprint density at radius 3 is 2.79 bits per heavy atom. The number of benzene rings is 2. The number of hydrogen-bond donors (Lipinski definition) is 1. The predicted octanol–water partition coefficient (Wildman–Crippen LogP) is 4.60. The van der Waals surface area contributed by atoms with E-state index in [9.17, 15) is 4.39 Å². The normalized spacial score (nSPS) is 10.3. The van der Waals surface area contributed by atoms with Crippen molar-refractivity contribution in [1.29, 1.82) is 0 Å². The number of rotatable bonds is 5. The summed E-state index contributed by atoms with van der Waals surface area (Å²) in [4.78, 5) is 0. The van der Waals surface area contributed by atoms with Crippen molar-refractivity contribution in [3.8, 4) is 5.75 Å². The number of halogens is 2. The maximum Gasteiger partial charge on any atom is 0.142 e. The van der Waals surface area contributed by atoms with E-state index in [0.717, 1.165) is 15.9 Å². The molecule has 2 nitrogen and oxygen atoms in total. The van der Waals surface area contributed by atoms with E-state index < -0.39 is 0 Å². The summed E-state index contributed by atoms with van der Waals surface area (Å²) >= 11 is 3.34. The van der Waals surface area contributed by atoms with Crippen LogP contribution in [0.25, 0.3) is 0 Å². The third-order valence-corrected chi connectivity index (χ3v) is 3.16. The predicted molar refractivity (Wildman–Crippen MR) is 79.0 cm³/mol. The molecular formula is C15H15BrFNO. The van der Waals surface area contributed by atoms with Crippen LogP contribution in [0.3, 0.4) is 0 Å². The first kappa shape index (κ1) is 13.9. The molecule has 2 aromatic carbocycles. The lowest BCUT2D eigenvalue weighted by Crippen LogP contribution is -2.04. The minimum atomic E-state index is -0.218. The molecule has 0 aliphatic heterocycles. The minimum Gasteiger partial charge on any atom is -0.492 e. The van der Waals surface area contributed by atoms with Crippen molar-refractivity contribution in [2.75, 3.05) is 11.9 Å². The van der Waals surface area contributed by atoms with Gasteiger partial charge >= 0.3 is 0 Å². The van der Waals surface area contributed by atoms with E-state index in [1.165, 1.54) is 6.07 Å².